The van der Waals surface area contributed by atoms with Gasteiger partial charge in [0.05, 0.1) is 18.7 Å². The van der Waals surface area contributed by atoms with E-state index in [2.05, 4.69) is 5.32 Å². The van der Waals surface area contributed by atoms with Crippen molar-refractivity contribution in [2.45, 2.75) is 42.8 Å². The van der Waals surface area contributed by atoms with Crippen molar-refractivity contribution in [3.63, 3.8) is 0 Å². The number of carbonyl (C=O) groups excluding carboxylic acids is 1. The smallest absolute Gasteiger partial charge is 0.475 e. The summed E-state index contributed by atoms with van der Waals surface area (Å²) in [6.07, 6.45) is 1.71. The molecule has 0 radical (unpaired) electrons. The largest absolute Gasteiger partial charge is 0.493 e. The standard InChI is InChI=1S/C21H22BNO5/c24-20(21-10-9-18(28-21)15-6-1-3-7-16(15)21)23-19(22(25)26)11-13-12-27-17-8-4-2-5-14(13)17/h1-8,13,18-19,25-26H,9-12H2,(H,23,24)/t13-,18+,19+,21-/m1/s1. The highest BCUT2D eigenvalue weighted by atomic mass is 16.5. The van der Waals surface area contributed by atoms with Crippen LogP contribution in [0, 0.1) is 0 Å². The second-order valence-corrected chi connectivity index (χ2v) is 7.83. The molecule has 0 unspecified atom stereocenters. The summed E-state index contributed by atoms with van der Waals surface area (Å²) < 4.78 is 11.8. The first-order valence-corrected chi connectivity index (χ1v) is 9.74. The van der Waals surface area contributed by atoms with Gasteiger partial charge in [0.2, 0.25) is 0 Å². The molecule has 0 saturated carbocycles. The van der Waals surface area contributed by atoms with Gasteiger partial charge in [-0.3, -0.25) is 4.79 Å². The Balaban J connectivity index is 1.36. The van der Waals surface area contributed by atoms with Crippen LogP contribution < -0.4 is 10.1 Å². The highest BCUT2D eigenvalue weighted by molar-refractivity contribution is 6.43. The number of hydrogen-bond acceptors (Lipinski definition) is 5. The van der Waals surface area contributed by atoms with Gasteiger partial charge in [0.25, 0.3) is 5.91 Å². The van der Waals surface area contributed by atoms with Crippen molar-refractivity contribution in [3.05, 3.63) is 65.2 Å². The van der Waals surface area contributed by atoms with Crippen LogP contribution in [0.3, 0.4) is 0 Å². The number of rotatable bonds is 5. The van der Waals surface area contributed by atoms with Gasteiger partial charge in [-0.1, -0.05) is 42.5 Å². The summed E-state index contributed by atoms with van der Waals surface area (Å²) in [7, 11) is -1.66. The lowest BCUT2D eigenvalue weighted by Gasteiger charge is -2.29. The number of ether oxygens (including phenoxy) is 2. The van der Waals surface area contributed by atoms with Gasteiger partial charge in [-0.15, -0.1) is 0 Å². The lowest BCUT2D eigenvalue weighted by atomic mass is 9.72. The Morgan fingerprint density at radius 3 is 2.75 bits per heavy atom. The van der Waals surface area contributed by atoms with Crippen LogP contribution in [-0.4, -0.2) is 35.6 Å². The highest BCUT2D eigenvalue weighted by Crippen LogP contribution is 2.54. The Labute approximate surface area is 163 Å². The molecular weight excluding hydrogens is 357 g/mol. The molecule has 6 nitrogen and oxygen atoms in total. The molecule has 7 heteroatoms. The number of fused-ring (bicyclic) bond motifs is 6. The molecule has 3 aliphatic heterocycles. The summed E-state index contributed by atoms with van der Waals surface area (Å²) in [5.74, 6) is -0.300. The molecule has 2 aromatic rings. The zero-order chi connectivity index (χ0) is 19.3. The average Bonchev–Trinajstić information content (AvgIpc) is 3.41. The van der Waals surface area contributed by atoms with E-state index in [1.807, 2.05) is 48.5 Å². The van der Waals surface area contributed by atoms with Crippen LogP contribution in [0.2, 0.25) is 0 Å². The number of amides is 1. The van der Waals surface area contributed by atoms with E-state index in [0.29, 0.717) is 19.4 Å². The first kappa shape index (κ1) is 17.7. The minimum atomic E-state index is -1.66. The lowest BCUT2D eigenvalue weighted by molar-refractivity contribution is -0.144. The molecule has 3 aliphatic rings. The van der Waals surface area contributed by atoms with E-state index in [4.69, 9.17) is 9.47 Å². The van der Waals surface area contributed by atoms with E-state index >= 15 is 0 Å². The molecule has 3 N–H and O–H groups in total. The molecule has 3 heterocycles. The summed E-state index contributed by atoms with van der Waals surface area (Å²) in [6, 6.07) is 15.5. The molecule has 5 rings (SSSR count). The van der Waals surface area contributed by atoms with Crippen molar-refractivity contribution in [1.82, 2.24) is 5.32 Å². The van der Waals surface area contributed by atoms with Gasteiger partial charge >= 0.3 is 7.12 Å². The van der Waals surface area contributed by atoms with Crippen LogP contribution >= 0.6 is 0 Å². The van der Waals surface area contributed by atoms with Gasteiger partial charge in [0.15, 0.2) is 5.60 Å². The summed E-state index contributed by atoms with van der Waals surface area (Å²) in [6.45, 7) is 0.463. The Kier molecular flexibility index (Phi) is 4.19. The normalized spacial score (nSPS) is 27.6. The monoisotopic (exact) mass is 379 g/mol. The molecule has 2 aromatic carbocycles. The highest BCUT2D eigenvalue weighted by Gasteiger charge is 2.56. The number of nitrogens with one attached hydrogen (secondary N) is 1. The minimum Gasteiger partial charge on any atom is -0.493 e. The number of hydrogen-bond donors (Lipinski definition) is 3. The van der Waals surface area contributed by atoms with Crippen LogP contribution in [-0.2, 0) is 15.1 Å². The van der Waals surface area contributed by atoms with Crippen LogP contribution in [0.15, 0.2) is 48.5 Å². The summed E-state index contributed by atoms with van der Waals surface area (Å²) in [5.41, 5.74) is 1.95. The van der Waals surface area contributed by atoms with Gasteiger partial charge in [-0.05, 0) is 36.5 Å². The number of carbonyl (C=O) groups is 1. The van der Waals surface area contributed by atoms with Gasteiger partial charge in [0, 0.05) is 11.5 Å². The fraction of sp³-hybridized carbons (Fsp3) is 0.381. The summed E-state index contributed by atoms with van der Waals surface area (Å²) in [4.78, 5) is 13.2. The fourth-order valence-corrected chi connectivity index (χ4v) is 4.82. The van der Waals surface area contributed by atoms with E-state index in [1.165, 1.54) is 0 Å². The van der Waals surface area contributed by atoms with Crippen molar-refractivity contribution < 1.29 is 24.3 Å². The van der Waals surface area contributed by atoms with Crippen molar-refractivity contribution in [1.29, 1.82) is 0 Å². The van der Waals surface area contributed by atoms with E-state index in [0.717, 1.165) is 28.9 Å². The van der Waals surface area contributed by atoms with Gasteiger partial charge in [-0.2, -0.15) is 0 Å². The predicted octanol–water partition coefficient (Wildman–Crippen LogP) is 1.81. The van der Waals surface area contributed by atoms with Crippen LogP contribution in [0.4, 0.5) is 0 Å². The van der Waals surface area contributed by atoms with E-state index < -0.39 is 18.7 Å². The van der Waals surface area contributed by atoms with Crippen molar-refractivity contribution >= 4 is 13.0 Å². The molecule has 1 amide bonds. The molecule has 28 heavy (non-hydrogen) atoms. The molecule has 4 atom stereocenters. The minimum absolute atomic E-state index is 0.00564. The van der Waals surface area contributed by atoms with E-state index in [9.17, 15) is 14.8 Å². The maximum Gasteiger partial charge on any atom is 0.475 e. The number of para-hydroxylation sites is 1. The first-order valence-electron chi connectivity index (χ1n) is 9.74. The van der Waals surface area contributed by atoms with Gasteiger partial charge in [-0.25, -0.2) is 0 Å². The second kappa shape index (κ2) is 6.62. The molecule has 0 aliphatic carbocycles. The first-order chi connectivity index (χ1) is 13.6. The van der Waals surface area contributed by atoms with Crippen molar-refractivity contribution in [2.24, 2.45) is 0 Å². The molecule has 144 valence electrons. The van der Waals surface area contributed by atoms with Crippen LogP contribution in [0.25, 0.3) is 0 Å². The SMILES string of the molecule is O=C(N[C@@H](C[C@@H]1COc2ccccc21)B(O)O)[C@]12CC[C@H](O1)c1ccccc12. The third-order valence-electron chi connectivity index (χ3n) is 6.23. The molecule has 0 spiro atoms. The number of benzene rings is 2. The molecule has 0 aromatic heterocycles. The van der Waals surface area contributed by atoms with Crippen LogP contribution in [0.5, 0.6) is 5.75 Å². The Morgan fingerprint density at radius 1 is 1.18 bits per heavy atom. The molecule has 1 fully saturated rings. The van der Waals surface area contributed by atoms with Crippen molar-refractivity contribution in [2.75, 3.05) is 6.61 Å². The topological polar surface area (TPSA) is 88.0 Å². The summed E-state index contributed by atoms with van der Waals surface area (Å²) >= 11 is 0. The zero-order valence-corrected chi connectivity index (χ0v) is 15.4. The molecule has 2 bridgehead atoms. The fourth-order valence-electron chi connectivity index (χ4n) is 4.82. The summed E-state index contributed by atoms with van der Waals surface area (Å²) in [5, 5.41) is 22.7. The molecule has 1 saturated heterocycles. The quantitative estimate of drug-likeness (QED) is 0.690. The second-order valence-electron chi connectivity index (χ2n) is 7.83. The van der Waals surface area contributed by atoms with Crippen LogP contribution in [0.1, 0.15) is 48.0 Å². The average molecular weight is 379 g/mol. The molecular formula is C21H22BNO5. The maximum atomic E-state index is 13.2. The Hall–Kier alpha value is -2.35. The zero-order valence-electron chi connectivity index (χ0n) is 15.4. The Morgan fingerprint density at radius 2 is 1.93 bits per heavy atom. The van der Waals surface area contributed by atoms with Gasteiger partial charge < -0.3 is 24.8 Å². The predicted molar refractivity (Wildman–Crippen MR) is 103 cm³/mol. The van der Waals surface area contributed by atoms with E-state index in [1.54, 1.807) is 0 Å². The van der Waals surface area contributed by atoms with Crippen molar-refractivity contribution in [3.8, 4) is 5.75 Å². The maximum absolute atomic E-state index is 13.2. The Bertz CT molecular complexity index is 919. The third-order valence-corrected chi connectivity index (χ3v) is 6.23. The lowest BCUT2D eigenvalue weighted by Crippen LogP contribution is -2.53. The van der Waals surface area contributed by atoms with E-state index in [-0.39, 0.29) is 17.9 Å². The van der Waals surface area contributed by atoms with Gasteiger partial charge in [0.1, 0.15) is 5.75 Å². The third kappa shape index (κ3) is 2.65.